The van der Waals surface area contributed by atoms with E-state index < -0.39 is 0 Å². The van der Waals surface area contributed by atoms with Gasteiger partial charge in [0.2, 0.25) is 5.96 Å². The van der Waals surface area contributed by atoms with Crippen LogP contribution >= 0.6 is 12.6 Å². The van der Waals surface area contributed by atoms with Crippen LogP contribution in [-0.4, -0.2) is 12.2 Å². The Morgan fingerprint density at radius 3 is 2.00 bits per heavy atom. The molecule has 1 aliphatic rings. The zero-order chi connectivity index (χ0) is 4.99. The molecular formula is C2H7N3S. The van der Waals surface area contributed by atoms with Crippen molar-refractivity contribution in [3.63, 3.8) is 0 Å². The average Bonchev–Trinajstić information content (AvgIpc) is 2.30. The Labute approximate surface area is 42.0 Å². The van der Waals surface area contributed by atoms with Gasteiger partial charge in [-0.15, -0.1) is 5.10 Å². The van der Waals surface area contributed by atoms with Gasteiger partial charge in [-0.2, -0.15) is 12.6 Å². The van der Waals surface area contributed by atoms with Crippen molar-refractivity contribution in [2.24, 2.45) is 10.8 Å². The van der Waals surface area contributed by atoms with E-state index in [9.17, 15) is 0 Å². The molecule has 4 heteroatoms. The van der Waals surface area contributed by atoms with Crippen LogP contribution in [0.5, 0.6) is 0 Å². The molecule has 0 aromatic heterocycles. The molecule has 0 aromatic rings. The van der Waals surface area contributed by atoms with E-state index in [2.05, 4.69) is 23.2 Å². The number of rotatable bonds is 0. The van der Waals surface area contributed by atoms with Crippen molar-refractivity contribution in [2.45, 2.75) is 0 Å². The van der Waals surface area contributed by atoms with Crippen molar-refractivity contribution in [3.8, 4) is 0 Å². The van der Waals surface area contributed by atoms with Crippen molar-refractivity contribution in [2.75, 3.05) is 6.26 Å². The van der Waals surface area contributed by atoms with E-state index in [1.54, 1.807) is 6.26 Å². The highest BCUT2D eigenvalue weighted by atomic mass is 32.1. The minimum atomic E-state index is 0.542. The third-order valence-corrected chi connectivity index (χ3v) is 0.241. The van der Waals surface area contributed by atoms with Gasteiger partial charge in [-0.1, -0.05) is 0 Å². The number of hydrazone groups is 1. The number of nitrogens with two attached hydrogens (primary N) is 1. The molecule has 6 heavy (non-hydrogen) atoms. The molecule has 0 spiro atoms. The van der Waals surface area contributed by atoms with Gasteiger partial charge < -0.3 is 5.73 Å². The Balaban J connectivity index is 0.000000112. The predicted molar refractivity (Wildman–Crippen MR) is 29.7 cm³/mol. The molecule has 0 saturated heterocycles. The fourth-order valence-electron chi connectivity index (χ4n) is 0.0323. The lowest BCUT2D eigenvalue weighted by Crippen LogP contribution is -2.03. The molecule has 0 bridgehead atoms. The lowest BCUT2D eigenvalue weighted by atomic mass is 11.2. The van der Waals surface area contributed by atoms with E-state index >= 15 is 0 Å². The number of nitrogens with zero attached hydrogens (tertiary/aromatic N) is 1. The first-order chi connectivity index (χ1) is 2.89. The standard InChI is InChI=1S/CH3N3.CH4S/c2-1-3-4-1;1-2/h(H3,2,3,4);2H,1H3. The summed E-state index contributed by atoms with van der Waals surface area (Å²) in [6.07, 6.45) is 1.69. The van der Waals surface area contributed by atoms with Crippen LogP contribution in [0.3, 0.4) is 0 Å². The topological polar surface area (TPSA) is 60.3 Å². The summed E-state index contributed by atoms with van der Waals surface area (Å²) in [5.41, 5.74) is 7.28. The number of nitrogens with one attached hydrogen (secondary N) is 1. The molecule has 0 radical (unpaired) electrons. The molecule has 0 fully saturated rings. The Morgan fingerprint density at radius 2 is 2.00 bits per heavy atom. The number of guanidine groups is 1. The molecular weight excluding hydrogens is 98.1 g/mol. The number of thiol groups is 1. The van der Waals surface area contributed by atoms with E-state index in [1.807, 2.05) is 0 Å². The maximum absolute atomic E-state index is 4.86. The first-order valence-corrected chi connectivity index (χ1v) is 2.33. The fraction of sp³-hybridized carbons (Fsp3) is 0.500. The fourth-order valence-corrected chi connectivity index (χ4v) is 0.0323. The van der Waals surface area contributed by atoms with Crippen LogP contribution in [0.2, 0.25) is 0 Å². The summed E-state index contributed by atoms with van der Waals surface area (Å²) in [5.74, 6) is 0.542. The summed E-state index contributed by atoms with van der Waals surface area (Å²) in [7, 11) is 0. The number of hydrogen-bond donors (Lipinski definition) is 3. The minimum Gasteiger partial charge on any atom is -0.367 e. The Hall–Kier alpha value is -0.380. The highest BCUT2D eigenvalue weighted by molar-refractivity contribution is 7.79. The van der Waals surface area contributed by atoms with Gasteiger partial charge in [-0.3, -0.25) is 0 Å². The van der Waals surface area contributed by atoms with Gasteiger partial charge in [-0.25, -0.2) is 5.43 Å². The second kappa shape index (κ2) is 2.84. The molecule has 3 N–H and O–H groups in total. The second-order valence-electron chi connectivity index (χ2n) is 0.609. The van der Waals surface area contributed by atoms with Crippen molar-refractivity contribution >= 4 is 18.6 Å². The zero-order valence-electron chi connectivity index (χ0n) is 3.47. The average molecular weight is 105 g/mol. The lowest BCUT2D eigenvalue weighted by Gasteiger charge is -1.48. The van der Waals surface area contributed by atoms with Gasteiger partial charge in [-0.05, 0) is 6.26 Å². The van der Waals surface area contributed by atoms with Crippen molar-refractivity contribution in [1.82, 2.24) is 5.43 Å². The first-order valence-electron chi connectivity index (χ1n) is 1.43. The smallest absolute Gasteiger partial charge is 0.232 e. The molecule has 3 nitrogen and oxygen atoms in total. The van der Waals surface area contributed by atoms with Crippen LogP contribution in [0.1, 0.15) is 0 Å². The molecule has 0 amide bonds. The third kappa shape index (κ3) is 3.62. The zero-order valence-corrected chi connectivity index (χ0v) is 4.37. The number of hydrogen-bond acceptors (Lipinski definition) is 4. The van der Waals surface area contributed by atoms with Gasteiger partial charge >= 0.3 is 0 Å². The molecule has 1 rings (SSSR count). The van der Waals surface area contributed by atoms with Gasteiger partial charge in [0.05, 0.1) is 0 Å². The quantitative estimate of drug-likeness (QED) is 0.359. The minimum absolute atomic E-state index is 0.542. The molecule has 0 aliphatic carbocycles. The molecule has 0 aromatic carbocycles. The summed E-state index contributed by atoms with van der Waals surface area (Å²) in [5, 5.41) is 3.35. The first kappa shape index (κ1) is 5.62. The molecule has 0 saturated carbocycles. The predicted octanol–water partition coefficient (Wildman–Crippen LogP) is -0.635. The summed E-state index contributed by atoms with van der Waals surface area (Å²) in [6.45, 7) is 0. The molecule has 0 unspecified atom stereocenters. The van der Waals surface area contributed by atoms with Crippen LogP contribution in [-0.2, 0) is 0 Å². The summed E-state index contributed by atoms with van der Waals surface area (Å²) < 4.78 is 0. The van der Waals surface area contributed by atoms with E-state index in [-0.39, 0.29) is 0 Å². The third-order valence-electron chi connectivity index (χ3n) is 0.241. The van der Waals surface area contributed by atoms with Gasteiger partial charge in [0.1, 0.15) is 0 Å². The maximum atomic E-state index is 4.86. The van der Waals surface area contributed by atoms with Crippen molar-refractivity contribution in [3.05, 3.63) is 0 Å². The Morgan fingerprint density at radius 1 is 1.83 bits per heavy atom. The lowest BCUT2D eigenvalue weighted by molar-refractivity contribution is 1.25. The second-order valence-corrected chi connectivity index (χ2v) is 0.609. The normalized spacial score (nSPS) is 12.7. The summed E-state index contributed by atoms with van der Waals surface area (Å²) in [6, 6.07) is 0. The molecule has 1 heterocycles. The van der Waals surface area contributed by atoms with Gasteiger partial charge in [0.15, 0.2) is 0 Å². The van der Waals surface area contributed by atoms with Crippen LogP contribution in [0.15, 0.2) is 5.10 Å². The van der Waals surface area contributed by atoms with Gasteiger partial charge in [0.25, 0.3) is 0 Å². The molecule has 1 aliphatic heterocycles. The van der Waals surface area contributed by atoms with Crippen LogP contribution in [0.25, 0.3) is 0 Å². The van der Waals surface area contributed by atoms with E-state index in [0.29, 0.717) is 5.96 Å². The molecule has 0 atom stereocenters. The largest absolute Gasteiger partial charge is 0.367 e. The monoisotopic (exact) mass is 105 g/mol. The maximum Gasteiger partial charge on any atom is 0.232 e. The van der Waals surface area contributed by atoms with Crippen LogP contribution in [0.4, 0.5) is 0 Å². The SMILES string of the molecule is CS.NC1=NN1. The van der Waals surface area contributed by atoms with Crippen molar-refractivity contribution in [1.29, 1.82) is 0 Å². The molecule has 36 valence electrons. The van der Waals surface area contributed by atoms with Crippen LogP contribution in [0, 0.1) is 0 Å². The Kier molecular flexibility index (Phi) is 2.66. The summed E-state index contributed by atoms with van der Waals surface area (Å²) >= 11 is 3.53. The van der Waals surface area contributed by atoms with Crippen LogP contribution < -0.4 is 11.2 Å². The van der Waals surface area contributed by atoms with Gasteiger partial charge in [0, 0.05) is 0 Å². The highest BCUT2D eigenvalue weighted by Crippen LogP contribution is 1.68. The summed E-state index contributed by atoms with van der Waals surface area (Å²) in [4.78, 5) is 0. The van der Waals surface area contributed by atoms with E-state index in [1.165, 1.54) is 0 Å². The Bertz CT molecular complexity index is 59.8. The van der Waals surface area contributed by atoms with E-state index in [4.69, 9.17) is 5.73 Å². The van der Waals surface area contributed by atoms with E-state index in [0.717, 1.165) is 0 Å². The van der Waals surface area contributed by atoms with Crippen molar-refractivity contribution < 1.29 is 0 Å². The highest BCUT2D eigenvalue weighted by Gasteiger charge is 1.95.